The summed E-state index contributed by atoms with van der Waals surface area (Å²) in [5.74, 6) is 1.75. The summed E-state index contributed by atoms with van der Waals surface area (Å²) in [6, 6.07) is 8.07. The minimum atomic E-state index is 0.00986. The Morgan fingerprint density at radius 3 is 2.89 bits per heavy atom. The fraction of sp³-hybridized carbons (Fsp3) is 0.368. The lowest BCUT2D eigenvalue weighted by atomic mass is 10.1. The molecule has 0 saturated heterocycles. The Bertz CT molecular complexity index is 970. The molecule has 3 aromatic rings. The molecule has 0 aliphatic heterocycles. The molecule has 2 N–H and O–H groups in total. The van der Waals surface area contributed by atoms with Gasteiger partial charge in [-0.1, -0.05) is 23.8 Å². The van der Waals surface area contributed by atoms with Crippen LogP contribution in [0.1, 0.15) is 24.2 Å². The number of benzene rings is 1. The third-order valence-electron chi connectivity index (χ3n) is 4.42. The monoisotopic (exact) mass is 384 g/mol. The molecule has 0 aliphatic carbocycles. The van der Waals surface area contributed by atoms with E-state index in [-0.39, 0.29) is 5.91 Å². The summed E-state index contributed by atoms with van der Waals surface area (Å²) < 4.78 is 4.47. The normalized spacial score (nSPS) is 10.9. The van der Waals surface area contributed by atoms with Crippen molar-refractivity contribution in [3.8, 4) is 11.4 Å². The van der Waals surface area contributed by atoms with Gasteiger partial charge in [-0.25, -0.2) is 4.98 Å². The van der Waals surface area contributed by atoms with E-state index < -0.39 is 0 Å². The lowest BCUT2D eigenvalue weighted by molar-refractivity contribution is -0.121. The Balaban J connectivity index is 1.51. The van der Waals surface area contributed by atoms with Gasteiger partial charge >= 0.3 is 0 Å². The number of aryl methyl sites for hydroxylation is 3. The van der Waals surface area contributed by atoms with Crippen LogP contribution in [0.4, 0.5) is 0 Å². The first-order valence-electron chi connectivity index (χ1n) is 9.01. The zero-order chi connectivity index (χ0) is 19.2. The number of aromatic amines is 1. The van der Waals surface area contributed by atoms with Crippen LogP contribution in [0.2, 0.25) is 0 Å². The molecule has 0 fully saturated rings. The molecule has 0 aliphatic rings. The Labute approximate surface area is 163 Å². The lowest BCUT2D eigenvalue weighted by Gasteiger charge is -2.09. The highest BCUT2D eigenvalue weighted by Gasteiger charge is 2.10. The number of amides is 1. The van der Waals surface area contributed by atoms with E-state index in [4.69, 9.17) is 12.2 Å². The zero-order valence-corrected chi connectivity index (χ0v) is 16.4. The van der Waals surface area contributed by atoms with E-state index in [9.17, 15) is 4.79 Å². The summed E-state index contributed by atoms with van der Waals surface area (Å²) in [4.78, 5) is 16.4. The van der Waals surface area contributed by atoms with Crippen LogP contribution in [0.5, 0.6) is 0 Å². The minimum Gasteiger partial charge on any atom is -0.356 e. The summed E-state index contributed by atoms with van der Waals surface area (Å²) in [5, 5.41) is 10.1. The van der Waals surface area contributed by atoms with Gasteiger partial charge in [-0.15, -0.1) is 0 Å². The van der Waals surface area contributed by atoms with Crippen LogP contribution in [-0.4, -0.2) is 36.8 Å². The molecule has 7 nitrogen and oxygen atoms in total. The molecule has 27 heavy (non-hydrogen) atoms. The molecule has 2 aromatic heterocycles. The van der Waals surface area contributed by atoms with E-state index >= 15 is 0 Å². The van der Waals surface area contributed by atoms with Gasteiger partial charge in [0.1, 0.15) is 5.82 Å². The molecule has 8 heteroatoms. The van der Waals surface area contributed by atoms with Crippen LogP contribution in [0, 0.1) is 18.6 Å². The fourth-order valence-electron chi connectivity index (χ4n) is 2.95. The Hall–Kier alpha value is -2.74. The van der Waals surface area contributed by atoms with Gasteiger partial charge in [0.05, 0.1) is 0 Å². The van der Waals surface area contributed by atoms with Crippen LogP contribution >= 0.6 is 12.2 Å². The van der Waals surface area contributed by atoms with E-state index in [1.807, 2.05) is 42.8 Å². The van der Waals surface area contributed by atoms with Gasteiger partial charge in [0.25, 0.3) is 0 Å². The van der Waals surface area contributed by atoms with Crippen molar-refractivity contribution in [3.05, 3.63) is 52.8 Å². The number of aromatic nitrogens is 5. The molecule has 1 amide bonds. The molecule has 0 bridgehead atoms. The second-order valence-corrected chi connectivity index (χ2v) is 6.88. The van der Waals surface area contributed by atoms with E-state index in [0.717, 1.165) is 35.7 Å². The van der Waals surface area contributed by atoms with Crippen molar-refractivity contribution in [2.75, 3.05) is 6.54 Å². The smallest absolute Gasteiger partial charge is 0.221 e. The molecular formula is C19H24N6OS. The predicted octanol–water partition coefficient (Wildman–Crippen LogP) is 3.02. The summed E-state index contributed by atoms with van der Waals surface area (Å²) in [6.07, 6.45) is 4.96. The minimum absolute atomic E-state index is 0.00986. The molecule has 0 spiro atoms. The van der Waals surface area contributed by atoms with Gasteiger partial charge in [-0.3, -0.25) is 14.5 Å². The quantitative estimate of drug-likeness (QED) is 0.462. The van der Waals surface area contributed by atoms with Crippen molar-refractivity contribution in [1.82, 2.24) is 29.6 Å². The van der Waals surface area contributed by atoms with Crippen molar-refractivity contribution in [2.24, 2.45) is 0 Å². The maximum absolute atomic E-state index is 12.2. The number of rotatable bonds is 8. The number of imidazole rings is 1. The highest BCUT2D eigenvalue weighted by atomic mass is 32.1. The van der Waals surface area contributed by atoms with Gasteiger partial charge in [0, 0.05) is 44.0 Å². The largest absolute Gasteiger partial charge is 0.356 e. The van der Waals surface area contributed by atoms with Crippen LogP contribution in [0.3, 0.4) is 0 Å². The maximum atomic E-state index is 12.2. The Kier molecular flexibility index (Phi) is 6.18. The van der Waals surface area contributed by atoms with E-state index in [1.54, 1.807) is 6.20 Å². The number of H-pyrrole nitrogens is 1. The molecule has 0 saturated carbocycles. The summed E-state index contributed by atoms with van der Waals surface area (Å²) in [6.45, 7) is 5.98. The maximum Gasteiger partial charge on any atom is 0.221 e. The van der Waals surface area contributed by atoms with Crippen LogP contribution < -0.4 is 5.32 Å². The Morgan fingerprint density at radius 1 is 1.30 bits per heavy atom. The molecule has 142 valence electrons. The van der Waals surface area contributed by atoms with E-state index in [2.05, 4.69) is 31.1 Å². The number of carbonyl (C=O) groups excluding carboxylic acids is 1. The van der Waals surface area contributed by atoms with Gasteiger partial charge in [-0.05, 0) is 38.6 Å². The average molecular weight is 385 g/mol. The lowest BCUT2D eigenvalue weighted by Crippen LogP contribution is -2.26. The van der Waals surface area contributed by atoms with E-state index in [0.29, 0.717) is 24.3 Å². The summed E-state index contributed by atoms with van der Waals surface area (Å²) in [5.41, 5.74) is 2.14. The third-order valence-corrected chi connectivity index (χ3v) is 4.73. The standard InChI is InChI=1S/C19H24N6OS/c1-14-5-3-6-16(13-14)18-22-23-19(27)25(18)11-7-17(26)21-8-4-10-24-12-9-20-15(24)2/h3,5-6,9,12-13H,4,7-8,10-11H2,1-2H3,(H,21,26)(H,23,27). The molecule has 2 heterocycles. The summed E-state index contributed by atoms with van der Waals surface area (Å²) in [7, 11) is 0. The number of nitrogens with zero attached hydrogens (tertiary/aromatic N) is 4. The van der Waals surface area contributed by atoms with Crippen LogP contribution in [0.15, 0.2) is 36.7 Å². The fourth-order valence-corrected chi connectivity index (χ4v) is 3.17. The van der Waals surface area contributed by atoms with Gasteiger partial charge < -0.3 is 9.88 Å². The highest BCUT2D eigenvalue weighted by molar-refractivity contribution is 7.71. The Morgan fingerprint density at radius 2 is 2.15 bits per heavy atom. The molecular weight excluding hydrogens is 360 g/mol. The van der Waals surface area contributed by atoms with Crippen molar-refractivity contribution in [3.63, 3.8) is 0 Å². The highest BCUT2D eigenvalue weighted by Crippen LogP contribution is 2.18. The van der Waals surface area contributed by atoms with Crippen molar-refractivity contribution < 1.29 is 4.79 Å². The molecule has 3 rings (SSSR count). The van der Waals surface area contributed by atoms with Crippen LogP contribution in [-0.2, 0) is 17.9 Å². The van der Waals surface area contributed by atoms with E-state index in [1.165, 1.54) is 0 Å². The first-order chi connectivity index (χ1) is 13.0. The summed E-state index contributed by atoms with van der Waals surface area (Å²) >= 11 is 5.33. The predicted molar refractivity (Wildman–Crippen MR) is 107 cm³/mol. The van der Waals surface area contributed by atoms with Gasteiger partial charge in [0.15, 0.2) is 10.6 Å². The second kappa shape index (κ2) is 8.77. The molecule has 1 aromatic carbocycles. The topological polar surface area (TPSA) is 80.5 Å². The first kappa shape index (κ1) is 19.0. The first-order valence-corrected chi connectivity index (χ1v) is 9.42. The second-order valence-electron chi connectivity index (χ2n) is 6.49. The number of hydrogen-bond acceptors (Lipinski definition) is 4. The number of carbonyl (C=O) groups is 1. The number of nitrogens with one attached hydrogen (secondary N) is 2. The van der Waals surface area contributed by atoms with Crippen molar-refractivity contribution >= 4 is 18.1 Å². The van der Waals surface area contributed by atoms with Crippen molar-refractivity contribution in [2.45, 2.75) is 39.8 Å². The van der Waals surface area contributed by atoms with Crippen LogP contribution in [0.25, 0.3) is 11.4 Å². The average Bonchev–Trinajstić information content (AvgIpc) is 3.22. The van der Waals surface area contributed by atoms with Crippen molar-refractivity contribution in [1.29, 1.82) is 0 Å². The SMILES string of the molecule is Cc1cccc(-c2n[nH]c(=S)n2CCC(=O)NCCCn2ccnc2C)c1. The molecule has 0 unspecified atom stereocenters. The van der Waals surface area contributed by atoms with Gasteiger partial charge in [-0.2, -0.15) is 5.10 Å². The molecule has 0 radical (unpaired) electrons. The van der Waals surface area contributed by atoms with Gasteiger partial charge in [0.2, 0.25) is 5.91 Å². The molecule has 0 atom stereocenters. The number of hydrogen-bond donors (Lipinski definition) is 2. The zero-order valence-electron chi connectivity index (χ0n) is 15.6. The third kappa shape index (κ3) is 4.91.